The van der Waals surface area contributed by atoms with Gasteiger partial charge in [-0.15, -0.1) is 0 Å². The molecule has 2 atom stereocenters. The van der Waals surface area contributed by atoms with Crippen molar-refractivity contribution in [2.45, 2.75) is 18.3 Å². The number of benzene rings is 1. The van der Waals surface area contributed by atoms with Gasteiger partial charge in [0, 0.05) is 15.3 Å². The predicted octanol–water partition coefficient (Wildman–Crippen LogP) is 2.62. The average Bonchev–Trinajstić information content (AvgIpc) is 2.15. The second-order valence-corrected chi connectivity index (χ2v) is 4.88. The highest BCUT2D eigenvalue weighted by molar-refractivity contribution is 9.10. The van der Waals surface area contributed by atoms with Gasteiger partial charge in [-0.1, -0.05) is 33.9 Å². The molecule has 78 valence electrons. The molecule has 0 saturated heterocycles. The SMILES string of the molecule is CC(SN)C(O)c1ccc(Br)cc1F. The van der Waals surface area contributed by atoms with Gasteiger partial charge in [-0.05, 0) is 19.1 Å². The van der Waals surface area contributed by atoms with Crippen molar-refractivity contribution in [3.63, 3.8) is 0 Å². The Morgan fingerprint density at radius 3 is 2.71 bits per heavy atom. The molecule has 0 saturated carbocycles. The lowest BCUT2D eigenvalue weighted by Crippen LogP contribution is -2.14. The molecule has 2 nitrogen and oxygen atoms in total. The van der Waals surface area contributed by atoms with E-state index in [2.05, 4.69) is 15.9 Å². The van der Waals surface area contributed by atoms with E-state index in [4.69, 9.17) is 5.14 Å². The molecule has 1 aromatic carbocycles. The van der Waals surface area contributed by atoms with Crippen molar-refractivity contribution in [2.75, 3.05) is 0 Å². The summed E-state index contributed by atoms with van der Waals surface area (Å²) in [5.41, 5.74) is 0.277. The quantitative estimate of drug-likeness (QED) is 0.837. The second kappa shape index (κ2) is 5.11. The molecule has 0 amide bonds. The molecule has 0 aliphatic rings. The molecule has 3 N–H and O–H groups in total. The van der Waals surface area contributed by atoms with Crippen molar-refractivity contribution in [3.8, 4) is 0 Å². The van der Waals surface area contributed by atoms with Crippen LogP contribution in [0.15, 0.2) is 22.7 Å². The van der Waals surface area contributed by atoms with E-state index >= 15 is 0 Å². The molecule has 0 heterocycles. The average molecular weight is 280 g/mol. The second-order valence-electron chi connectivity index (χ2n) is 2.95. The first-order valence-corrected chi connectivity index (χ1v) is 5.78. The van der Waals surface area contributed by atoms with Gasteiger partial charge >= 0.3 is 0 Å². The van der Waals surface area contributed by atoms with Crippen LogP contribution in [0.1, 0.15) is 18.6 Å². The molecule has 0 aromatic heterocycles. The predicted molar refractivity (Wildman–Crippen MR) is 60.3 cm³/mol. The summed E-state index contributed by atoms with van der Waals surface area (Å²) in [5.74, 6) is -0.423. The normalized spacial score (nSPS) is 15.2. The molecule has 0 fully saturated rings. The third-order valence-corrected chi connectivity index (χ3v) is 3.12. The Morgan fingerprint density at radius 1 is 1.57 bits per heavy atom. The highest BCUT2D eigenvalue weighted by Crippen LogP contribution is 2.27. The molecular weight excluding hydrogens is 269 g/mol. The van der Waals surface area contributed by atoms with E-state index in [-0.39, 0.29) is 10.8 Å². The summed E-state index contributed by atoms with van der Waals surface area (Å²) < 4.78 is 14.0. The molecule has 0 aliphatic heterocycles. The zero-order chi connectivity index (χ0) is 10.7. The van der Waals surface area contributed by atoms with Gasteiger partial charge in [-0.3, -0.25) is 5.14 Å². The summed E-state index contributed by atoms with van der Waals surface area (Å²) in [6.07, 6.45) is -0.877. The van der Waals surface area contributed by atoms with E-state index in [1.165, 1.54) is 6.07 Å². The molecular formula is C9H11BrFNOS. The molecule has 5 heteroatoms. The highest BCUT2D eigenvalue weighted by Gasteiger charge is 2.19. The number of rotatable bonds is 3. The van der Waals surface area contributed by atoms with E-state index in [0.717, 1.165) is 11.9 Å². The summed E-state index contributed by atoms with van der Waals surface area (Å²) in [6, 6.07) is 4.57. The number of hydrogen-bond acceptors (Lipinski definition) is 3. The minimum absolute atomic E-state index is 0.231. The fraction of sp³-hybridized carbons (Fsp3) is 0.333. The van der Waals surface area contributed by atoms with Crippen LogP contribution in [0.2, 0.25) is 0 Å². The van der Waals surface area contributed by atoms with Crippen LogP contribution in [0.5, 0.6) is 0 Å². The molecule has 0 aliphatic carbocycles. The number of halogens is 2. The lowest BCUT2D eigenvalue weighted by Gasteiger charge is -2.17. The maximum atomic E-state index is 13.4. The Hall–Kier alpha value is -0.100. The minimum atomic E-state index is -0.877. The van der Waals surface area contributed by atoms with Crippen LogP contribution in [-0.2, 0) is 0 Å². The Balaban J connectivity index is 2.95. The number of aliphatic hydroxyl groups is 1. The highest BCUT2D eigenvalue weighted by atomic mass is 79.9. The smallest absolute Gasteiger partial charge is 0.130 e. The third kappa shape index (κ3) is 2.70. The van der Waals surface area contributed by atoms with Crippen molar-refractivity contribution < 1.29 is 9.50 Å². The minimum Gasteiger partial charge on any atom is -0.387 e. The van der Waals surface area contributed by atoms with Crippen LogP contribution in [0.25, 0.3) is 0 Å². The van der Waals surface area contributed by atoms with E-state index < -0.39 is 11.9 Å². The van der Waals surface area contributed by atoms with Gasteiger partial charge in [0.25, 0.3) is 0 Å². The van der Waals surface area contributed by atoms with Crippen molar-refractivity contribution in [3.05, 3.63) is 34.1 Å². The molecule has 14 heavy (non-hydrogen) atoms. The maximum Gasteiger partial charge on any atom is 0.130 e. The Morgan fingerprint density at radius 2 is 2.21 bits per heavy atom. The van der Waals surface area contributed by atoms with Gasteiger partial charge in [-0.2, -0.15) is 0 Å². The monoisotopic (exact) mass is 279 g/mol. The van der Waals surface area contributed by atoms with Gasteiger partial charge in [0.2, 0.25) is 0 Å². The standard InChI is InChI=1S/C9H11BrFNOS/c1-5(14-12)9(13)7-3-2-6(10)4-8(7)11/h2-5,9,13H,12H2,1H3. The molecule has 1 rings (SSSR count). The molecule has 0 spiro atoms. The van der Waals surface area contributed by atoms with E-state index in [1.807, 2.05) is 0 Å². The van der Waals surface area contributed by atoms with Crippen molar-refractivity contribution in [1.29, 1.82) is 0 Å². The van der Waals surface area contributed by atoms with Crippen molar-refractivity contribution in [2.24, 2.45) is 5.14 Å². The molecule has 1 aromatic rings. The van der Waals surface area contributed by atoms with Gasteiger partial charge in [0.05, 0.1) is 6.10 Å². The van der Waals surface area contributed by atoms with Gasteiger partial charge in [0.15, 0.2) is 0 Å². The summed E-state index contributed by atoms with van der Waals surface area (Å²) in [5, 5.41) is 14.8. The topological polar surface area (TPSA) is 46.2 Å². The number of nitrogens with two attached hydrogens (primary N) is 1. The van der Waals surface area contributed by atoms with Crippen LogP contribution in [0.4, 0.5) is 4.39 Å². The van der Waals surface area contributed by atoms with E-state index in [9.17, 15) is 9.50 Å². The zero-order valence-electron chi connectivity index (χ0n) is 7.58. The first-order chi connectivity index (χ1) is 6.56. The van der Waals surface area contributed by atoms with Crippen LogP contribution in [0, 0.1) is 5.82 Å². The van der Waals surface area contributed by atoms with Crippen LogP contribution in [0.3, 0.4) is 0 Å². The third-order valence-electron chi connectivity index (χ3n) is 1.94. The zero-order valence-corrected chi connectivity index (χ0v) is 9.98. The summed E-state index contributed by atoms with van der Waals surface area (Å²) in [4.78, 5) is 0. The number of aliphatic hydroxyl groups excluding tert-OH is 1. The summed E-state index contributed by atoms with van der Waals surface area (Å²) in [7, 11) is 0. The Labute approximate surface area is 95.0 Å². The lowest BCUT2D eigenvalue weighted by molar-refractivity contribution is 0.174. The van der Waals surface area contributed by atoms with Crippen molar-refractivity contribution >= 4 is 27.9 Å². The first-order valence-electron chi connectivity index (χ1n) is 4.04. The van der Waals surface area contributed by atoms with Crippen LogP contribution < -0.4 is 5.14 Å². The number of hydrogen-bond donors (Lipinski definition) is 2. The largest absolute Gasteiger partial charge is 0.387 e. The van der Waals surface area contributed by atoms with Gasteiger partial charge in [0.1, 0.15) is 5.82 Å². The first kappa shape index (κ1) is 12.0. The van der Waals surface area contributed by atoms with Crippen molar-refractivity contribution in [1.82, 2.24) is 0 Å². The van der Waals surface area contributed by atoms with E-state index in [0.29, 0.717) is 4.47 Å². The van der Waals surface area contributed by atoms with Gasteiger partial charge in [-0.25, -0.2) is 4.39 Å². The van der Waals surface area contributed by atoms with E-state index in [1.54, 1.807) is 19.1 Å². The Bertz CT molecular complexity index is 324. The fourth-order valence-electron chi connectivity index (χ4n) is 1.07. The lowest BCUT2D eigenvalue weighted by atomic mass is 10.1. The molecule has 0 radical (unpaired) electrons. The fourth-order valence-corrected chi connectivity index (χ4v) is 1.70. The summed E-state index contributed by atoms with van der Waals surface area (Å²) >= 11 is 4.16. The summed E-state index contributed by atoms with van der Waals surface area (Å²) in [6.45, 7) is 1.75. The van der Waals surface area contributed by atoms with Crippen LogP contribution >= 0.6 is 27.9 Å². The molecule has 2 unspecified atom stereocenters. The van der Waals surface area contributed by atoms with Gasteiger partial charge < -0.3 is 5.11 Å². The van der Waals surface area contributed by atoms with Crippen LogP contribution in [-0.4, -0.2) is 10.4 Å². The molecule has 0 bridgehead atoms. The Kier molecular flexibility index (Phi) is 4.37. The maximum absolute atomic E-state index is 13.4.